The van der Waals surface area contributed by atoms with Crippen molar-refractivity contribution in [1.29, 1.82) is 0 Å². The molecule has 0 radical (unpaired) electrons. The number of benzene rings is 2. The van der Waals surface area contributed by atoms with Crippen LogP contribution in [0.25, 0.3) is 0 Å². The molecule has 0 heterocycles. The lowest BCUT2D eigenvalue weighted by Gasteiger charge is -2.07. The molecule has 0 atom stereocenters. The van der Waals surface area contributed by atoms with Gasteiger partial charge in [0.2, 0.25) is 0 Å². The lowest BCUT2D eigenvalue weighted by molar-refractivity contribution is 1.32. The summed E-state index contributed by atoms with van der Waals surface area (Å²) in [6, 6.07) is 14.0. The maximum Gasteiger partial charge on any atom is 0.0691 e. The normalized spacial score (nSPS) is 11.7. The smallest absolute Gasteiger partial charge is 0.0691 e. The molecule has 92 valence electrons. The molecule has 0 aliphatic carbocycles. The topological polar surface area (TPSA) is 12.4 Å². The van der Waals surface area contributed by atoms with Crippen LogP contribution in [0.1, 0.15) is 23.6 Å². The zero-order valence-corrected chi connectivity index (χ0v) is 11.6. The van der Waals surface area contributed by atoms with Gasteiger partial charge >= 0.3 is 0 Å². The van der Waals surface area contributed by atoms with E-state index in [-0.39, 0.29) is 0 Å². The fourth-order valence-corrected chi connectivity index (χ4v) is 2.03. The Bertz CT molecular complexity index is 562. The minimum atomic E-state index is 0.749. The van der Waals surface area contributed by atoms with Crippen molar-refractivity contribution >= 4 is 23.0 Å². The van der Waals surface area contributed by atoms with Gasteiger partial charge in [-0.15, -0.1) is 0 Å². The number of rotatable bonds is 2. The van der Waals surface area contributed by atoms with Crippen LogP contribution in [0.5, 0.6) is 0 Å². The number of para-hydroxylation sites is 1. The monoisotopic (exact) mass is 257 g/mol. The Hall–Kier alpha value is -1.60. The maximum atomic E-state index is 5.89. The van der Waals surface area contributed by atoms with Gasteiger partial charge in [0.05, 0.1) is 5.69 Å². The zero-order chi connectivity index (χ0) is 13.1. The highest BCUT2D eigenvalue weighted by Crippen LogP contribution is 2.24. The summed E-state index contributed by atoms with van der Waals surface area (Å²) in [6.07, 6.45) is 0. The van der Waals surface area contributed by atoms with E-state index in [0.717, 1.165) is 22.0 Å². The summed E-state index contributed by atoms with van der Waals surface area (Å²) in [7, 11) is 0. The fourth-order valence-electron chi connectivity index (χ4n) is 1.91. The van der Waals surface area contributed by atoms with Crippen LogP contribution in [0.2, 0.25) is 5.02 Å². The molecule has 0 aromatic heterocycles. The fraction of sp³-hybridized carbons (Fsp3) is 0.188. The third kappa shape index (κ3) is 2.80. The number of aliphatic imine (C=N–C) groups is 1. The van der Waals surface area contributed by atoms with E-state index in [1.807, 2.05) is 31.2 Å². The lowest BCUT2D eigenvalue weighted by Crippen LogP contribution is -1.94. The second-order valence-electron chi connectivity index (χ2n) is 4.44. The Morgan fingerprint density at radius 3 is 2.06 bits per heavy atom. The van der Waals surface area contributed by atoms with Gasteiger partial charge in [0.15, 0.2) is 0 Å². The number of nitrogens with zero attached hydrogens (tertiary/aromatic N) is 1. The summed E-state index contributed by atoms with van der Waals surface area (Å²) in [6.45, 7) is 6.19. The first kappa shape index (κ1) is 12.8. The van der Waals surface area contributed by atoms with Crippen molar-refractivity contribution in [1.82, 2.24) is 0 Å². The van der Waals surface area contributed by atoms with Crippen molar-refractivity contribution in [2.24, 2.45) is 4.99 Å². The van der Waals surface area contributed by atoms with Crippen molar-refractivity contribution in [3.63, 3.8) is 0 Å². The third-order valence-electron chi connectivity index (χ3n) is 2.98. The molecule has 0 saturated carbocycles. The molecular formula is C16H16ClN. The van der Waals surface area contributed by atoms with E-state index in [1.54, 1.807) is 0 Å². The minimum Gasteiger partial charge on any atom is -0.253 e. The predicted molar refractivity (Wildman–Crippen MR) is 79.2 cm³/mol. The van der Waals surface area contributed by atoms with Gasteiger partial charge in [0, 0.05) is 10.7 Å². The van der Waals surface area contributed by atoms with Gasteiger partial charge in [-0.3, -0.25) is 4.99 Å². The van der Waals surface area contributed by atoms with Gasteiger partial charge in [-0.05, 0) is 49.6 Å². The molecule has 0 unspecified atom stereocenters. The molecule has 2 heteroatoms. The standard InChI is InChI=1S/C16H16ClN/c1-11-5-4-6-12(2)16(11)18-13(3)14-7-9-15(17)10-8-14/h4-10H,1-3H3. The Kier molecular flexibility index (Phi) is 3.83. The van der Waals surface area contributed by atoms with Crippen LogP contribution in [-0.4, -0.2) is 5.71 Å². The van der Waals surface area contributed by atoms with E-state index < -0.39 is 0 Å². The predicted octanol–water partition coefficient (Wildman–Crippen LogP) is 5.10. The summed E-state index contributed by atoms with van der Waals surface area (Å²) >= 11 is 5.89. The third-order valence-corrected chi connectivity index (χ3v) is 3.23. The quantitative estimate of drug-likeness (QED) is 0.664. The Morgan fingerprint density at radius 2 is 1.50 bits per heavy atom. The SMILES string of the molecule is CC(=Nc1c(C)cccc1C)c1ccc(Cl)cc1. The molecule has 2 aromatic carbocycles. The highest BCUT2D eigenvalue weighted by molar-refractivity contribution is 6.30. The molecule has 0 spiro atoms. The van der Waals surface area contributed by atoms with Crippen LogP contribution in [0.15, 0.2) is 47.5 Å². The first-order chi connectivity index (χ1) is 8.58. The molecule has 0 fully saturated rings. The number of hydrogen-bond acceptors (Lipinski definition) is 1. The number of aryl methyl sites for hydroxylation is 2. The molecule has 0 aliphatic rings. The van der Waals surface area contributed by atoms with Gasteiger partial charge in [-0.1, -0.05) is 41.9 Å². The Morgan fingerprint density at radius 1 is 0.944 bits per heavy atom. The van der Waals surface area contributed by atoms with Gasteiger partial charge in [-0.2, -0.15) is 0 Å². The summed E-state index contributed by atoms with van der Waals surface area (Å²) in [4.78, 5) is 4.73. The number of halogens is 1. The van der Waals surface area contributed by atoms with Crippen LogP contribution >= 0.6 is 11.6 Å². The van der Waals surface area contributed by atoms with E-state index in [1.165, 1.54) is 11.1 Å². The van der Waals surface area contributed by atoms with Crippen LogP contribution in [-0.2, 0) is 0 Å². The first-order valence-electron chi connectivity index (χ1n) is 5.95. The second-order valence-corrected chi connectivity index (χ2v) is 4.88. The summed E-state index contributed by atoms with van der Waals surface area (Å²) < 4.78 is 0. The molecule has 2 aromatic rings. The summed E-state index contributed by atoms with van der Waals surface area (Å²) in [5.74, 6) is 0. The molecule has 0 aliphatic heterocycles. The Balaban J connectivity index is 2.41. The number of hydrogen-bond donors (Lipinski definition) is 0. The van der Waals surface area contributed by atoms with Crippen molar-refractivity contribution in [2.75, 3.05) is 0 Å². The lowest BCUT2D eigenvalue weighted by atomic mass is 10.1. The maximum absolute atomic E-state index is 5.89. The zero-order valence-electron chi connectivity index (χ0n) is 10.9. The van der Waals surface area contributed by atoms with E-state index in [2.05, 4.69) is 32.0 Å². The molecule has 0 amide bonds. The van der Waals surface area contributed by atoms with Gasteiger partial charge in [-0.25, -0.2) is 0 Å². The molecule has 0 N–H and O–H groups in total. The average Bonchev–Trinajstić information content (AvgIpc) is 2.34. The average molecular weight is 258 g/mol. The van der Waals surface area contributed by atoms with Crippen molar-refractivity contribution in [2.45, 2.75) is 20.8 Å². The molecule has 0 bridgehead atoms. The summed E-state index contributed by atoms with van der Waals surface area (Å²) in [5, 5.41) is 0.749. The van der Waals surface area contributed by atoms with E-state index in [0.29, 0.717) is 0 Å². The van der Waals surface area contributed by atoms with E-state index >= 15 is 0 Å². The minimum absolute atomic E-state index is 0.749. The molecule has 2 rings (SSSR count). The highest BCUT2D eigenvalue weighted by Gasteiger charge is 2.02. The van der Waals surface area contributed by atoms with Crippen LogP contribution < -0.4 is 0 Å². The van der Waals surface area contributed by atoms with Gasteiger partial charge in [0.1, 0.15) is 0 Å². The van der Waals surface area contributed by atoms with Crippen molar-refractivity contribution in [3.05, 3.63) is 64.2 Å². The molecular weight excluding hydrogens is 242 g/mol. The van der Waals surface area contributed by atoms with Crippen LogP contribution in [0, 0.1) is 13.8 Å². The molecule has 1 nitrogen and oxygen atoms in total. The van der Waals surface area contributed by atoms with Gasteiger partial charge < -0.3 is 0 Å². The largest absolute Gasteiger partial charge is 0.253 e. The van der Waals surface area contributed by atoms with Crippen LogP contribution in [0.3, 0.4) is 0 Å². The van der Waals surface area contributed by atoms with Crippen molar-refractivity contribution < 1.29 is 0 Å². The molecule has 18 heavy (non-hydrogen) atoms. The summed E-state index contributed by atoms with van der Waals surface area (Å²) in [5.41, 5.74) is 5.56. The van der Waals surface area contributed by atoms with Crippen LogP contribution in [0.4, 0.5) is 5.69 Å². The van der Waals surface area contributed by atoms with E-state index in [9.17, 15) is 0 Å². The molecule has 0 saturated heterocycles. The van der Waals surface area contributed by atoms with Crippen molar-refractivity contribution in [3.8, 4) is 0 Å². The first-order valence-corrected chi connectivity index (χ1v) is 6.33. The highest BCUT2D eigenvalue weighted by atomic mass is 35.5. The van der Waals surface area contributed by atoms with Gasteiger partial charge in [0.25, 0.3) is 0 Å². The Labute approximate surface area is 113 Å². The van der Waals surface area contributed by atoms with E-state index in [4.69, 9.17) is 16.6 Å². The second kappa shape index (κ2) is 5.36.